The zero-order chi connectivity index (χ0) is 13.8. The van der Waals surface area contributed by atoms with Crippen LogP contribution in [0.15, 0.2) is 23.2 Å². The number of nitrogens with one attached hydrogen (secondary N) is 2. The molecule has 0 aliphatic heterocycles. The SMILES string of the molecule is CCNc1cc(S(=O)(=O)NC(C)(C)CC)ccn1. The predicted octanol–water partition coefficient (Wildman–Crippen LogP) is 1.98. The lowest BCUT2D eigenvalue weighted by atomic mass is 10.0. The zero-order valence-corrected chi connectivity index (χ0v) is 12.1. The highest BCUT2D eigenvalue weighted by Gasteiger charge is 2.24. The van der Waals surface area contributed by atoms with E-state index >= 15 is 0 Å². The van der Waals surface area contributed by atoms with Crippen LogP contribution in [0.4, 0.5) is 5.82 Å². The Morgan fingerprint density at radius 2 is 2.00 bits per heavy atom. The Morgan fingerprint density at radius 1 is 1.33 bits per heavy atom. The zero-order valence-electron chi connectivity index (χ0n) is 11.3. The molecule has 102 valence electrons. The molecular weight excluding hydrogens is 250 g/mol. The van der Waals surface area contributed by atoms with Gasteiger partial charge in [-0.15, -0.1) is 0 Å². The van der Waals surface area contributed by atoms with Crippen LogP contribution < -0.4 is 10.0 Å². The van der Waals surface area contributed by atoms with Crippen LogP contribution in [-0.4, -0.2) is 25.5 Å². The average Bonchev–Trinajstić information content (AvgIpc) is 2.29. The molecule has 0 bridgehead atoms. The third-order valence-electron chi connectivity index (χ3n) is 2.69. The smallest absolute Gasteiger partial charge is 0.241 e. The maximum atomic E-state index is 12.2. The second-order valence-electron chi connectivity index (χ2n) is 4.75. The molecule has 0 aromatic carbocycles. The second kappa shape index (κ2) is 5.67. The molecule has 1 aromatic rings. The number of rotatable bonds is 6. The maximum absolute atomic E-state index is 12.2. The fourth-order valence-corrected chi connectivity index (χ4v) is 2.85. The van der Waals surface area contributed by atoms with Crippen LogP contribution in [-0.2, 0) is 10.0 Å². The van der Waals surface area contributed by atoms with Gasteiger partial charge in [-0.2, -0.15) is 0 Å². The monoisotopic (exact) mass is 271 g/mol. The van der Waals surface area contributed by atoms with Gasteiger partial charge in [0.15, 0.2) is 0 Å². The molecule has 1 rings (SSSR count). The molecule has 5 nitrogen and oxygen atoms in total. The first-order valence-electron chi connectivity index (χ1n) is 6.04. The largest absolute Gasteiger partial charge is 0.370 e. The molecule has 0 spiro atoms. The summed E-state index contributed by atoms with van der Waals surface area (Å²) < 4.78 is 27.1. The van der Waals surface area contributed by atoms with E-state index in [9.17, 15) is 8.42 Å². The van der Waals surface area contributed by atoms with Gasteiger partial charge in [0.2, 0.25) is 10.0 Å². The Hall–Kier alpha value is -1.14. The molecule has 0 aliphatic rings. The van der Waals surface area contributed by atoms with Crippen LogP contribution in [0.3, 0.4) is 0 Å². The molecule has 0 aliphatic carbocycles. The van der Waals surface area contributed by atoms with Crippen LogP contribution in [0, 0.1) is 0 Å². The molecule has 0 saturated carbocycles. The van der Waals surface area contributed by atoms with Crippen LogP contribution in [0.5, 0.6) is 0 Å². The van der Waals surface area contributed by atoms with Gasteiger partial charge in [0.05, 0.1) is 4.90 Å². The normalized spacial score (nSPS) is 12.4. The van der Waals surface area contributed by atoms with Crippen LogP contribution in [0.25, 0.3) is 0 Å². The lowest BCUT2D eigenvalue weighted by molar-refractivity contribution is 0.439. The lowest BCUT2D eigenvalue weighted by Crippen LogP contribution is -2.42. The molecule has 0 fully saturated rings. The van der Waals surface area contributed by atoms with Crippen molar-refractivity contribution in [2.45, 2.75) is 44.6 Å². The second-order valence-corrected chi connectivity index (χ2v) is 6.43. The molecule has 0 atom stereocenters. The number of anilines is 1. The van der Waals surface area contributed by atoms with Crippen molar-refractivity contribution in [3.63, 3.8) is 0 Å². The summed E-state index contributed by atoms with van der Waals surface area (Å²) in [5, 5.41) is 2.99. The number of aromatic nitrogens is 1. The van der Waals surface area contributed by atoms with Gasteiger partial charge >= 0.3 is 0 Å². The van der Waals surface area contributed by atoms with E-state index in [1.807, 2.05) is 27.7 Å². The van der Waals surface area contributed by atoms with Crippen LogP contribution in [0.2, 0.25) is 0 Å². The molecule has 0 radical (unpaired) electrons. The minimum absolute atomic E-state index is 0.231. The number of hydrogen-bond acceptors (Lipinski definition) is 4. The summed E-state index contributed by atoms with van der Waals surface area (Å²) in [7, 11) is -3.50. The summed E-state index contributed by atoms with van der Waals surface area (Å²) in [6, 6.07) is 3.03. The highest BCUT2D eigenvalue weighted by atomic mass is 32.2. The number of sulfonamides is 1. The van der Waals surface area contributed by atoms with E-state index in [1.165, 1.54) is 18.3 Å². The molecule has 1 heterocycles. The Labute approximate surface area is 109 Å². The molecule has 1 aromatic heterocycles. The fourth-order valence-electron chi connectivity index (χ4n) is 1.35. The first-order valence-corrected chi connectivity index (χ1v) is 7.53. The standard InChI is InChI=1S/C12H21N3O2S/c1-5-12(3,4)15-18(16,17)10-7-8-14-11(9-10)13-6-2/h7-9,15H,5-6H2,1-4H3,(H,13,14). The van der Waals surface area contributed by atoms with Crippen molar-refractivity contribution < 1.29 is 8.42 Å². The predicted molar refractivity (Wildman–Crippen MR) is 73.1 cm³/mol. The average molecular weight is 271 g/mol. The Morgan fingerprint density at radius 3 is 2.56 bits per heavy atom. The molecule has 0 unspecified atom stereocenters. The first-order chi connectivity index (χ1) is 8.30. The molecule has 2 N–H and O–H groups in total. The topological polar surface area (TPSA) is 71.1 Å². The van der Waals surface area contributed by atoms with Crippen molar-refractivity contribution in [3.05, 3.63) is 18.3 Å². The van der Waals surface area contributed by atoms with Crippen molar-refractivity contribution in [2.24, 2.45) is 0 Å². The summed E-state index contributed by atoms with van der Waals surface area (Å²) in [5.41, 5.74) is -0.458. The van der Waals surface area contributed by atoms with Crippen LogP contribution in [0.1, 0.15) is 34.1 Å². The maximum Gasteiger partial charge on any atom is 0.241 e. The molecular formula is C12H21N3O2S. The van der Waals surface area contributed by atoms with Gasteiger partial charge < -0.3 is 5.32 Å². The minimum atomic E-state index is -3.50. The van der Waals surface area contributed by atoms with E-state index in [2.05, 4.69) is 15.0 Å². The van der Waals surface area contributed by atoms with Gasteiger partial charge in [-0.1, -0.05) is 6.92 Å². The van der Waals surface area contributed by atoms with Crippen molar-refractivity contribution >= 4 is 15.8 Å². The van der Waals surface area contributed by atoms with Crippen LogP contribution >= 0.6 is 0 Å². The van der Waals surface area contributed by atoms with Gasteiger partial charge in [0.25, 0.3) is 0 Å². The van der Waals surface area contributed by atoms with Gasteiger partial charge in [0, 0.05) is 24.3 Å². The fraction of sp³-hybridized carbons (Fsp3) is 0.583. The molecule has 18 heavy (non-hydrogen) atoms. The number of hydrogen-bond donors (Lipinski definition) is 2. The number of pyridine rings is 1. The summed E-state index contributed by atoms with van der Waals surface area (Å²) in [6.45, 7) is 8.29. The van der Waals surface area contributed by atoms with E-state index < -0.39 is 15.6 Å². The number of nitrogens with zero attached hydrogens (tertiary/aromatic N) is 1. The Bertz CT molecular complexity index is 498. The highest BCUT2D eigenvalue weighted by molar-refractivity contribution is 7.89. The van der Waals surface area contributed by atoms with E-state index in [0.717, 1.165) is 6.42 Å². The molecule has 0 amide bonds. The van der Waals surface area contributed by atoms with Crippen molar-refractivity contribution in [2.75, 3.05) is 11.9 Å². The third kappa shape index (κ3) is 3.96. The lowest BCUT2D eigenvalue weighted by Gasteiger charge is -2.24. The summed E-state index contributed by atoms with van der Waals surface area (Å²) in [5.74, 6) is 0.565. The van der Waals surface area contributed by atoms with Gasteiger partial charge in [-0.3, -0.25) is 0 Å². The molecule has 0 saturated heterocycles. The van der Waals surface area contributed by atoms with Gasteiger partial charge in [0.1, 0.15) is 5.82 Å². The highest BCUT2D eigenvalue weighted by Crippen LogP contribution is 2.17. The van der Waals surface area contributed by atoms with Gasteiger partial charge in [-0.25, -0.2) is 18.1 Å². The van der Waals surface area contributed by atoms with E-state index in [0.29, 0.717) is 12.4 Å². The Balaban J connectivity index is 3.01. The van der Waals surface area contributed by atoms with E-state index in [-0.39, 0.29) is 4.90 Å². The van der Waals surface area contributed by atoms with Crippen molar-refractivity contribution in [1.82, 2.24) is 9.71 Å². The summed E-state index contributed by atoms with van der Waals surface area (Å²) in [6.07, 6.45) is 2.21. The quantitative estimate of drug-likeness (QED) is 0.830. The van der Waals surface area contributed by atoms with Gasteiger partial charge in [-0.05, 0) is 33.3 Å². The first kappa shape index (κ1) is 14.9. The van der Waals surface area contributed by atoms with Crippen molar-refractivity contribution in [3.8, 4) is 0 Å². The molecule has 6 heteroatoms. The minimum Gasteiger partial charge on any atom is -0.370 e. The summed E-state index contributed by atoms with van der Waals surface area (Å²) in [4.78, 5) is 4.29. The van der Waals surface area contributed by atoms with E-state index in [1.54, 1.807) is 0 Å². The van der Waals surface area contributed by atoms with Crippen molar-refractivity contribution in [1.29, 1.82) is 0 Å². The Kier molecular flexibility index (Phi) is 4.70. The summed E-state index contributed by atoms with van der Waals surface area (Å²) >= 11 is 0. The third-order valence-corrected chi connectivity index (χ3v) is 4.39. The van der Waals surface area contributed by atoms with E-state index in [4.69, 9.17) is 0 Å².